The summed E-state index contributed by atoms with van der Waals surface area (Å²) >= 11 is 0. The van der Waals surface area contributed by atoms with Crippen LogP contribution in [0, 0.1) is 12.3 Å². The zero-order chi connectivity index (χ0) is 8.81. The van der Waals surface area contributed by atoms with Gasteiger partial charge in [-0.3, -0.25) is 0 Å². The predicted molar refractivity (Wildman–Crippen MR) is 48.4 cm³/mol. The summed E-state index contributed by atoms with van der Waals surface area (Å²) in [6.07, 6.45) is 8.32. The summed E-state index contributed by atoms with van der Waals surface area (Å²) in [7, 11) is 1.65. The Bertz CT molecular complexity index is 266. The van der Waals surface area contributed by atoms with Gasteiger partial charge in [0.1, 0.15) is 5.75 Å². The molecule has 0 unspecified atom stereocenters. The summed E-state index contributed by atoms with van der Waals surface area (Å²) in [5.74, 6) is 3.24. The van der Waals surface area contributed by atoms with Gasteiger partial charge in [0, 0.05) is 6.42 Å². The van der Waals surface area contributed by atoms with Crippen LogP contribution in [0.2, 0.25) is 0 Å². The van der Waals surface area contributed by atoms with Crippen molar-refractivity contribution in [2.45, 2.75) is 12.8 Å². The van der Waals surface area contributed by atoms with Gasteiger partial charge in [-0.15, -0.1) is 0 Å². The Morgan fingerprint density at radius 2 is 2.00 bits per heavy atom. The normalized spacial score (nSPS) is 9.00. The second kappa shape index (κ2) is 4.46. The van der Waals surface area contributed by atoms with Crippen LogP contribution < -0.4 is 4.74 Å². The van der Waals surface area contributed by atoms with Gasteiger partial charge in [0.05, 0.1) is 7.11 Å². The highest BCUT2D eigenvalue weighted by Crippen LogP contribution is 2.12. The Kier molecular flexibility index (Phi) is 3.22. The van der Waals surface area contributed by atoms with Gasteiger partial charge in [-0.1, -0.05) is 18.1 Å². The first-order valence-electron chi connectivity index (χ1n) is 3.89. The molecule has 1 rings (SSSR count). The quantitative estimate of drug-likeness (QED) is 0.614. The Balaban J connectivity index is 2.60. The molecule has 1 radical (unpaired) electrons. The van der Waals surface area contributed by atoms with E-state index in [0.717, 1.165) is 12.2 Å². The highest BCUT2D eigenvalue weighted by Gasteiger charge is 1.92. The van der Waals surface area contributed by atoms with Crippen molar-refractivity contribution < 1.29 is 4.74 Å². The lowest BCUT2D eigenvalue weighted by Gasteiger charge is -2.00. The molecule has 1 aromatic rings. The molecule has 0 heterocycles. The van der Waals surface area contributed by atoms with Crippen molar-refractivity contribution in [1.29, 1.82) is 0 Å². The fraction of sp³-hybridized carbons (Fsp3) is 0.273. The lowest BCUT2D eigenvalue weighted by atomic mass is 10.1. The average Bonchev–Trinajstić information content (AvgIpc) is 2.15. The lowest BCUT2D eigenvalue weighted by Crippen LogP contribution is -1.85. The number of benzene rings is 1. The highest BCUT2D eigenvalue weighted by molar-refractivity contribution is 5.27. The number of hydrogen-bond donors (Lipinski definition) is 0. The molecule has 0 aromatic heterocycles. The van der Waals surface area contributed by atoms with E-state index in [0.29, 0.717) is 6.42 Å². The summed E-state index contributed by atoms with van der Waals surface area (Å²) in [4.78, 5) is 0. The fourth-order valence-corrected chi connectivity index (χ4v) is 0.999. The van der Waals surface area contributed by atoms with Crippen LogP contribution in [-0.4, -0.2) is 7.11 Å². The van der Waals surface area contributed by atoms with E-state index >= 15 is 0 Å². The zero-order valence-corrected chi connectivity index (χ0v) is 7.13. The fourth-order valence-electron chi connectivity index (χ4n) is 0.999. The van der Waals surface area contributed by atoms with Crippen molar-refractivity contribution in [3.8, 4) is 11.7 Å². The van der Waals surface area contributed by atoms with Crippen molar-refractivity contribution >= 4 is 0 Å². The van der Waals surface area contributed by atoms with Crippen LogP contribution in [0.15, 0.2) is 24.3 Å². The Morgan fingerprint density at radius 3 is 2.50 bits per heavy atom. The van der Waals surface area contributed by atoms with Gasteiger partial charge >= 0.3 is 0 Å². The first-order valence-corrected chi connectivity index (χ1v) is 3.89. The molecule has 0 aliphatic rings. The standard InChI is InChI=1S/C11H11O/c1-3-4-5-10-6-8-11(12-2)9-7-10/h6-9H,4-5H2,2H3. The molecule has 0 amide bonds. The van der Waals surface area contributed by atoms with Gasteiger partial charge in [-0.25, -0.2) is 0 Å². The molecule has 0 aliphatic heterocycles. The molecule has 0 saturated carbocycles. The van der Waals surface area contributed by atoms with E-state index in [2.05, 4.69) is 5.92 Å². The van der Waals surface area contributed by atoms with Gasteiger partial charge < -0.3 is 4.74 Å². The molecule has 61 valence electrons. The minimum Gasteiger partial charge on any atom is -0.497 e. The van der Waals surface area contributed by atoms with E-state index in [9.17, 15) is 0 Å². The number of methoxy groups -OCH3 is 1. The van der Waals surface area contributed by atoms with Crippen LogP contribution in [0.3, 0.4) is 0 Å². The van der Waals surface area contributed by atoms with E-state index in [1.165, 1.54) is 5.56 Å². The Labute approximate surface area is 73.4 Å². The van der Waals surface area contributed by atoms with Crippen molar-refractivity contribution in [2.24, 2.45) is 0 Å². The van der Waals surface area contributed by atoms with Gasteiger partial charge in [0.15, 0.2) is 0 Å². The lowest BCUT2D eigenvalue weighted by molar-refractivity contribution is 0.414. The number of rotatable bonds is 3. The summed E-state index contributed by atoms with van der Waals surface area (Å²) in [6, 6.07) is 7.88. The molecule has 0 spiro atoms. The van der Waals surface area contributed by atoms with E-state index in [4.69, 9.17) is 11.2 Å². The van der Waals surface area contributed by atoms with Crippen LogP contribution in [0.5, 0.6) is 5.75 Å². The van der Waals surface area contributed by atoms with Crippen molar-refractivity contribution in [1.82, 2.24) is 0 Å². The Morgan fingerprint density at radius 1 is 1.33 bits per heavy atom. The van der Waals surface area contributed by atoms with E-state index in [1.54, 1.807) is 7.11 Å². The minimum atomic E-state index is 0.687. The molecule has 0 saturated heterocycles. The first kappa shape index (κ1) is 8.67. The van der Waals surface area contributed by atoms with Crippen LogP contribution in [0.1, 0.15) is 12.0 Å². The molecule has 1 heteroatoms. The Hall–Kier alpha value is -1.42. The summed E-state index contributed by atoms with van der Waals surface area (Å²) in [5, 5.41) is 0. The van der Waals surface area contributed by atoms with Crippen LogP contribution in [0.4, 0.5) is 0 Å². The number of aryl methyl sites for hydroxylation is 1. The molecule has 0 fully saturated rings. The van der Waals surface area contributed by atoms with Crippen molar-refractivity contribution in [3.63, 3.8) is 0 Å². The van der Waals surface area contributed by atoms with Crippen LogP contribution >= 0.6 is 0 Å². The summed E-state index contributed by atoms with van der Waals surface area (Å²) in [5.41, 5.74) is 1.22. The predicted octanol–water partition coefficient (Wildman–Crippen LogP) is 2.22. The van der Waals surface area contributed by atoms with Crippen molar-refractivity contribution in [2.75, 3.05) is 7.11 Å². The topological polar surface area (TPSA) is 9.23 Å². The van der Waals surface area contributed by atoms with Crippen LogP contribution in [0.25, 0.3) is 0 Å². The largest absolute Gasteiger partial charge is 0.497 e. The maximum absolute atomic E-state index is 6.76. The smallest absolute Gasteiger partial charge is 0.118 e. The maximum atomic E-state index is 6.76. The molecule has 0 bridgehead atoms. The first-order chi connectivity index (χ1) is 5.86. The zero-order valence-electron chi connectivity index (χ0n) is 7.13. The monoisotopic (exact) mass is 159 g/mol. The second-order valence-corrected chi connectivity index (χ2v) is 2.52. The average molecular weight is 159 g/mol. The summed E-state index contributed by atoms with van der Waals surface area (Å²) in [6.45, 7) is 0. The molecule has 12 heavy (non-hydrogen) atoms. The van der Waals surface area contributed by atoms with Gasteiger partial charge in [0.25, 0.3) is 0 Å². The molecule has 1 aromatic carbocycles. The molecular weight excluding hydrogens is 148 g/mol. The highest BCUT2D eigenvalue weighted by atomic mass is 16.5. The van der Waals surface area contributed by atoms with E-state index < -0.39 is 0 Å². The van der Waals surface area contributed by atoms with Gasteiger partial charge in [-0.05, 0) is 30.5 Å². The van der Waals surface area contributed by atoms with E-state index in [1.807, 2.05) is 24.3 Å². The minimum absolute atomic E-state index is 0.687. The second-order valence-electron chi connectivity index (χ2n) is 2.52. The SMILES string of the molecule is [C]#CCCc1ccc(OC)cc1. The third kappa shape index (κ3) is 2.32. The molecule has 0 aliphatic carbocycles. The number of ether oxygens (including phenoxy) is 1. The molecule has 1 nitrogen and oxygen atoms in total. The van der Waals surface area contributed by atoms with Gasteiger partial charge in [0.2, 0.25) is 0 Å². The molecular formula is C11H11O. The summed E-state index contributed by atoms with van der Waals surface area (Å²) < 4.78 is 5.02. The van der Waals surface area contributed by atoms with Crippen molar-refractivity contribution in [3.05, 3.63) is 36.3 Å². The third-order valence-electron chi connectivity index (χ3n) is 1.70. The maximum Gasteiger partial charge on any atom is 0.118 e. The molecule has 0 N–H and O–H groups in total. The van der Waals surface area contributed by atoms with E-state index in [-0.39, 0.29) is 0 Å². The number of hydrogen-bond acceptors (Lipinski definition) is 1. The molecule has 0 atom stereocenters. The van der Waals surface area contributed by atoms with Crippen LogP contribution in [-0.2, 0) is 6.42 Å². The third-order valence-corrected chi connectivity index (χ3v) is 1.70. The van der Waals surface area contributed by atoms with Gasteiger partial charge in [-0.2, -0.15) is 0 Å².